The van der Waals surface area contributed by atoms with Crippen LogP contribution < -0.4 is 5.32 Å². The fraction of sp³-hybridized carbons (Fsp3) is 0.385. The normalized spacial score (nSPS) is 11.6. The van der Waals surface area contributed by atoms with E-state index in [0.29, 0.717) is 55.6 Å². The van der Waals surface area contributed by atoms with Crippen molar-refractivity contribution in [2.75, 3.05) is 19.8 Å². The first-order valence-corrected chi connectivity index (χ1v) is 11.4. The smallest absolute Gasteiger partial charge is 0.379 e. The van der Waals surface area contributed by atoms with Crippen molar-refractivity contribution in [1.82, 2.24) is 15.1 Å². The molecule has 35 heavy (non-hydrogen) atoms. The van der Waals surface area contributed by atoms with Crippen molar-refractivity contribution >= 4 is 5.91 Å². The molecule has 1 amide bonds. The number of amides is 1. The second-order valence-electron chi connectivity index (χ2n) is 8.13. The third-order valence-electron chi connectivity index (χ3n) is 5.52. The number of alkyl halides is 3. The minimum Gasteiger partial charge on any atom is -0.379 e. The molecule has 0 bridgehead atoms. The van der Waals surface area contributed by atoms with Gasteiger partial charge in [-0.05, 0) is 50.1 Å². The molecule has 0 aliphatic heterocycles. The Kier molecular flexibility index (Phi) is 9.06. The fourth-order valence-corrected chi connectivity index (χ4v) is 3.70. The van der Waals surface area contributed by atoms with Crippen LogP contribution in [-0.4, -0.2) is 35.5 Å². The lowest BCUT2D eigenvalue weighted by Gasteiger charge is -2.10. The number of carbonyl (C=O) groups excluding carboxylic acids is 1. The van der Waals surface area contributed by atoms with Gasteiger partial charge in [0.25, 0.3) is 0 Å². The number of ether oxygens (including phenoxy) is 2. The molecule has 0 aliphatic carbocycles. The molecule has 0 atom stereocenters. The molecule has 1 N–H and O–H groups in total. The highest BCUT2D eigenvalue weighted by Crippen LogP contribution is 2.31. The monoisotopic (exact) mass is 489 g/mol. The van der Waals surface area contributed by atoms with Crippen LogP contribution >= 0.6 is 0 Å². The van der Waals surface area contributed by atoms with Crippen LogP contribution in [0.25, 0.3) is 5.69 Å². The van der Waals surface area contributed by atoms with Gasteiger partial charge in [0.1, 0.15) is 0 Å². The minimum absolute atomic E-state index is 0.0802. The summed E-state index contributed by atoms with van der Waals surface area (Å²) in [6, 6.07) is 12.7. The van der Waals surface area contributed by atoms with Gasteiger partial charge in [-0.15, -0.1) is 0 Å². The summed E-state index contributed by atoms with van der Waals surface area (Å²) in [7, 11) is 0. The molecule has 0 fully saturated rings. The highest BCUT2D eigenvalue weighted by molar-refractivity contribution is 5.79. The Balaban J connectivity index is 1.61. The predicted molar refractivity (Wildman–Crippen MR) is 126 cm³/mol. The second kappa shape index (κ2) is 12.0. The maximum absolute atomic E-state index is 13.1. The average Bonchev–Trinajstić information content (AvgIpc) is 3.11. The number of aromatic nitrogens is 2. The van der Waals surface area contributed by atoms with Crippen LogP contribution in [-0.2, 0) is 40.0 Å². The number of halogens is 3. The van der Waals surface area contributed by atoms with E-state index in [1.807, 2.05) is 31.2 Å². The van der Waals surface area contributed by atoms with E-state index in [0.717, 1.165) is 23.3 Å². The van der Waals surface area contributed by atoms with Crippen molar-refractivity contribution in [1.29, 1.82) is 0 Å². The van der Waals surface area contributed by atoms with E-state index in [1.54, 1.807) is 19.9 Å². The van der Waals surface area contributed by atoms with Gasteiger partial charge in [-0.1, -0.05) is 30.3 Å². The van der Waals surface area contributed by atoms with Gasteiger partial charge in [-0.2, -0.15) is 18.3 Å². The molecule has 3 rings (SSSR count). The highest BCUT2D eigenvalue weighted by atomic mass is 19.4. The molecular weight excluding hydrogens is 459 g/mol. The molecule has 0 unspecified atom stereocenters. The van der Waals surface area contributed by atoms with Crippen LogP contribution in [0.4, 0.5) is 13.2 Å². The van der Waals surface area contributed by atoms with Crippen LogP contribution in [0.2, 0.25) is 0 Å². The number of benzene rings is 2. The number of hydrogen-bond acceptors (Lipinski definition) is 4. The molecular formula is C26H30F3N3O3. The molecule has 3 aromatic rings. The number of aryl methyl sites for hydroxylation is 1. The van der Waals surface area contributed by atoms with Crippen molar-refractivity contribution in [3.63, 3.8) is 0 Å². The van der Waals surface area contributed by atoms with E-state index in [9.17, 15) is 18.0 Å². The number of carbonyl (C=O) groups is 1. The lowest BCUT2D eigenvalue weighted by molar-refractivity contribution is -0.137. The van der Waals surface area contributed by atoms with E-state index in [2.05, 4.69) is 10.4 Å². The molecule has 1 aromatic heterocycles. The zero-order valence-electron chi connectivity index (χ0n) is 20.1. The van der Waals surface area contributed by atoms with Crippen LogP contribution in [0.1, 0.15) is 40.6 Å². The van der Waals surface area contributed by atoms with Crippen molar-refractivity contribution in [2.24, 2.45) is 0 Å². The number of nitrogens with one attached hydrogen (secondary N) is 1. The number of hydrogen-bond donors (Lipinski definition) is 1. The van der Waals surface area contributed by atoms with Gasteiger partial charge in [0, 0.05) is 24.4 Å². The maximum Gasteiger partial charge on any atom is 0.416 e. The van der Waals surface area contributed by atoms with Crippen molar-refractivity contribution in [3.05, 3.63) is 82.2 Å². The zero-order chi connectivity index (χ0) is 25.4. The summed E-state index contributed by atoms with van der Waals surface area (Å²) >= 11 is 0. The minimum atomic E-state index is -4.44. The molecule has 0 saturated carbocycles. The summed E-state index contributed by atoms with van der Waals surface area (Å²) in [5.41, 5.74) is 3.41. The zero-order valence-corrected chi connectivity index (χ0v) is 20.1. The first-order valence-electron chi connectivity index (χ1n) is 11.4. The van der Waals surface area contributed by atoms with Gasteiger partial charge >= 0.3 is 6.18 Å². The third kappa shape index (κ3) is 7.40. The fourth-order valence-electron chi connectivity index (χ4n) is 3.70. The first kappa shape index (κ1) is 26.4. The average molecular weight is 490 g/mol. The summed E-state index contributed by atoms with van der Waals surface area (Å²) in [5, 5.41) is 7.29. The quantitative estimate of drug-likeness (QED) is 0.389. The molecule has 0 saturated heterocycles. The van der Waals surface area contributed by atoms with Crippen molar-refractivity contribution in [3.8, 4) is 5.69 Å². The van der Waals surface area contributed by atoms with Gasteiger partial charge in [-0.3, -0.25) is 4.79 Å². The van der Waals surface area contributed by atoms with Crippen LogP contribution in [0, 0.1) is 13.8 Å². The Hall–Kier alpha value is -3.17. The Labute approximate surface area is 203 Å². The molecule has 9 heteroatoms. The van der Waals surface area contributed by atoms with E-state index >= 15 is 0 Å². The Bertz CT molecular complexity index is 1140. The summed E-state index contributed by atoms with van der Waals surface area (Å²) in [6.07, 6.45) is -4.36. The molecule has 188 valence electrons. The van der Waals surface area contributed by atoms with Crippen LogP contribution in [0.3, 0.4) is 0 Å². The van der Waals surface area contributed by atoms with Crippen molar-refractivity contribution < 1.29 is 27.4 Å². The molecule has 2 aromatic carbocycles. The Morgan fingerprint density at radius 3 is 2.49 bits per heavy atom. The molecule has 6 nitrogen and oxygen atoms in total. The molecule has 0 spiro atoms. The predicted octanol–water partition coefficient (Wildman–Crippen LogP) is 4.92. The van der Waals surface area contributed by atoms with Gasteiger partial charge in [0.15, 0.2) is 0 Å². The van der Waals surface area contributed by atoms with E-state index in [1.165, 1.54) is 10.7 Å². The third-order valence-corrected chi connectivity index (χ3v) is 5.52. The molecule has 0 aliphatic rings. The lowest BCUT2D eigenvalue weighted by atomic mass is 10.1. The Morgan fingerprint density at radius 1 is 1.03 bits per heavy atom. The number of rotatable bonds is 11. The van der Waals surface area contributed by atoms with Crippen LogP contribution in [0.15, 0.2) is 48.5 Å². The van der Waals surface area contributed by atoms with Gasteiger partial charge in [0.2, 0.25) is 5.91 Å². The van der Waals surface area contributed by atoms with Crippen LogP contribution in [0.5, 0.6) is 0 Å². The first-order chi connectivity index (χ1) is 16.7. The Morgan fingerprint density at radius 2 is 1.74 bits per heavy atom. The topological polar surface area (TPSA) is 65.4 Å². The standard InChI is InChI=1S/C26H30F3N3O3/c1-4-34-11-12-35-17-21-8-5-7-20(13-21)16-30-25(33)15-24-18(2)31-32(19(24)3)23-10-6-9-22(14-23)26(27,28)29/h5-10,13-14H,4,11-12,15-17H2,1-3H3,(H,30,33). The molecule has 0 radical (unpaired) electrons. The summed E-state index contributed by atoms with van der Waals surface area (Å²) < 4.78 is 51.6. The van der Waals surface area contributed by atoms with E-state index in [-0.39, 0.29) is 12.3 Å². The summed E-state index contributed by atoms with van der Waals surface area (Å²) in [6.45, 7) is 7.96. The van der Waals surface area contributed by atoms with Gasteiger partial charge < -0.3 is 14.8 Å². The van der Waals surface area contributed by atoms with Gasteiger partial charge in [0.05, 0.1) is 43.2 Å². The maximum atomic E-state index is 13.1. The molecule has 1 heterocycles. The summed E-state index contributed by atoms with van der Waals surface area (Å²) in [5.74, 6) is -0.196. The van der Waals surface area contributed by atoms with E-state index in [4.69, 9.17) is 9.47 Å². The van der Waals surface area contributed by atoms with E-state index < -0.39 is 11.7 Å². The van der Waals surface area contributed by atoms with Crippen molar-refractivity contribution in [2.45, 2.75) is 46.5 Å². The van der Waals surface area contributed by atoms with Gasteiger partial charge in [-0.25, -0.2) is 4.68 Å². The second-order valence-corrected chi connectivity index (χ2v) is 8.13. The summed E-state index contributed by atoms with van der Waals surface area (Å²) in [4.78, 5) is 12.6. The SMILES string of the molecule is CCOCCOCc1cccc(CNC(=O)Cc2c(C)nn(-c3cccc(C(F)(F)F)c3)c2C)c1. The lowest BCUT2D eigenvalue weighted by Crippen LogP contribution is -2.25. The largest absolute Gasteiger partial charge is 0.416 e. The highest BCUT2D eigenvalue weighted by Gasteiger charge is 2.30. The number of nitrogens with zero attached hydrogens (tertiary/aromatic N) is 2.